The van der Waals surface area contributed by atoms with Crippen LogP contribution in [0.2, 0.25) is 5.02 Å². The maximum Gasteiger partial charge on any atom is 0.399 e. The van der Waals surface area contributed by atoms with E-state index in [4.69, 9.17) is 17.3 Å². The molecule has 184 valence electrons. The number of alkyl halides is 5. The Morgan fingerprint density at radius 3 is 2.29 bits per heavy atom. The molecule has 0 aliphatic carbocycles. The second-order valence-corrected chi connectivity index (χ2v) is 8.34. The molecule has 0 radical (unpaired) electrons. The van der Waals surface area contributed by atoms with Crippen LogP contribution in [0.1, 0.15) is 49.7 Å². The molecule has 3 aromatic rings. The molecular formula is C25H19ClF6N2O. The summed E-state index contributed by atoms with van der Waals surface area (Å²) in [6, 6.07) is 3.39. The van der Waals surface area contributed by atoms with Crippen molar-refractivity contribution in [3.63, 3.8) is 0 Å². The number of ketones is 1. The highest BCUT2D eigenvalue weighted by Crippen LogP contribution is 2.40. The third kappa shape index (κ3) is 5.91. The average molecular weight is 513 g/mol. The van der Waals surface area contributed by atoms with Crippen LogP contribution in [0.3, 0.4) is 0 Å². The van der Waals surface area contributed by atoms with Gasteiger partial charge in [0.05, 0.1) is 0 Å². The average Bonchev–Trinajstić information content (AvgIpc) is 2.79. The Morgan fingerprint density at radius 1 is 1.06 bits per heavy atom. The van der Waals surface area contributed by atoms with E-state index in [-0.39, 0.29) is 22.2 Å². The van der Waals surface area contributed by atoms with Gasteiger partial charge in [0.15, 0.2) is 5.78 Å². The van der Waals surface area contributed by atoms with Gasteiger partial charge in [0, 0.05) is 39.7 Å². The summed E-state index contributed by atoms with van der Waals surface area (Å²) in [6.45, 7) is 3.19. The van der Waals surface area contributed by atoms with Gasteiger partial charge in [-0.2, -0.15) is 22.0 Å². The molecule has 1 aromatic heterocycles. The van der Waals surface area contributed by atoms with Gasteiger partial charge in [-0.15, -0.1) is 0 Å². The van der Waals surface area contributed by atoms with Crippen LogP contribution in [0.5, 0.6) is 0 Å². The number of halogens is 7. The lowest BCUT2D eigenvalue weighted by molar-refractivity contribution is -0.139. The molecule has 2 N–H and O–H groups in total. The van der Waals surface area contributed by atoms with Gasteiger partial charge in [0.25, 0.3) is 0 Å². The quantitative estimate of drug-likeness (QED) is 0.215. The molecule has 0 fully saturated rings. The highest BCUT2D eigenvalue weighted by atomic mass is 35.5. The fourth-order valence-electron chi connectivity index (χ4n) is 3.46. The number of hydrogen-bond acceptors (Lipinski definition) is 3. The molecule has 0 saturated carbocycles. The molecule has 0 aliphatic heterocycles. The van der Waals surface area contributed by atoms with Crippen molar-refractivity contribution in [2.24, 2.45) is 5.73 Å². The number of rotatable bonds is 6. The van der Waals surface area contributed by atoms with Crippen molar-refractivity contribution in [3.8, 4) is 0 Å². The zero-order valence-electron chi connectivity index (χ0n) is 18.4. The van der Waals surface area contributed by atoms with Crippen LogP contribution in [-0.4, -0.2) is 16.9 Å². The maximum atomic E-state index is 15.1. The summed E-state index contributed by atoms with van der Waals surface area (Å²) >= 11 is 6.02. The van der Waals surface area contributed by atoms with Crippen molar-refractivity contribution in [2.75, 3.05) is 0 Å². The summed E-state index contributed by atoms with van der Waals surface area (Å²) in [4.78, 5) is 16.4. The van der Waals surface area contributed by atoms with E-state index >= 15 is 4.39 Å². The summed E-state index contributed by atoms with van der Waals surface area (Å²) in [6.07, 6.45) is -2.11. The number of carbonyl (C=O) groups excluding carboxylic acids is 1. The lowest BCUT2D eigenvalue weighted by Crippen LogP contribution is -2.28. The number of nitrogens with zero attached hydrogens (tertiary/aromatic N) is 1. The number of carbonyl (C=O) groups is 1. The molecule has 1 heterocycles. The molecule has 3 rings (SSSR count). The van der Waals surface area contributed by atoms with Gasteiger partial charge in [-0.1, -0.05) is 23.7 Å². The molecule has 10 heteroatoms. The van der Waals surface area contributed by atoms with Crippen LogP contribution < -0.4 is 5.73 Å². The molecule has 3 nitrogen and oxygen atoms in total. The minimum absolute atomic E-state index is 0.0227. The Kier molecular flexibility index (Phi) is 7.42. The Hall–Kier alpha value is -3.17. The molecule has 0 aliphatic rings. The van der Waals surface area contributed by atoms with Crippen molar-refractivity contribution in [1.82, 2.24) is 4.98 Å². The third-order valence-corrected chi connectivity index (χ3v) is 5.87. The third-order valence-electron chi connectivity index (χ3n) is 5.47. The zero-order chi connectivity index (χ0) is 26.1. The molecule has 1 unspecified atom stereocenters. The number of hydrogen-bond donors (Lipinski definition) is 1. The van der Waals surface area contributed by atoms with E-state index in [1.165, 1.54) is 24.4 Å². The summed E-state index contributed by atoms with van der Waals surface area (Å²) < 4.78 is 84.8. The first kappa shape index (κ1) is 26.4. The monoisotopic (exact) mass is 512 g/mol. The number of allylic oxidation sites excluding steroid dienone is 1. The van der Waals surface area contributed by atoms with Gasteiger partial charge in [-0.25, -0.2) is 4.39 Å². The first-order valence-electron chi connectivity index (χ1n) is 10.2. The Bertz CT molecular complexity index is 1260. The Labute approximate surface area is 202 Å². The van der Waals surface area contributed by atoms with Crippen molar-refractivity contribution in [1.29, 1.82) is 0 Å². The number of aryl methyl sites for hydroxylation is 1. The van der Waals surface area contributed by atoms with Crippen molar-refractivity contribution >= 4 is 23.2 Å². The molecule has 1 atom stereocenters. The number of benzene rings is 2. The predicted molar refractivity (Wildman–Crippen MR) is 121 cm³/mol. The molecular weight excluding hydrogens is 494 g/mol. The SMILES string of the molecule is Cc1cc(C(/C=C(\F)c2ccc(C(=O)c3cccnc3)c(C(N)(F)F)c2)C(F)(F)F)cc(Cl)c1C. The molecule has 0 bridgehead atoms. The Morgan fingerprint density at radius 2 is 1.74 bits per heavy atom. The summed E-state index contributed by atoms with van der Waals surface area (Å²) in [7, 11) is 0. The number of pyridine rings is 1. The van der Waals surface area contributed by atoms with Gasteiger partial charge >= 0.3 is 12.2 Å². The molecule has 0 saturated heterocycles. The molecule has 0 amide bonds. The summed E-state index contributed by atoms with van der Waals surface area (Å²) in [5, 5.41) is 0.0754. The van der Waals surface area contributed by atoms with Crippen LogP contribution in [-0.2, 0) is 6.05 Å². The van der Waals surface area contributed by atoms with Gasteiger partial charge in [-0.05, 0) is 66.9 Å². The second kappa shape index (κ2) is 9.83. The van der Waals surface area contributed by atoms with E-state index in [0.29, 0.717) is 17.2 Å². The molecule has 35 heavy (non-hydrogen) atoms. The van der Waals surface area contributed by atoms with Gasteiger partial charge in [0.1, 0.15) is 11.7 Å². The highest BCUT2D eigenvalue weighted by Gasteiger charge is 2.40. The van der Waals surface area contributed by atoms with Gasteiger partial charge < -0.3 is 0 Å². The van der Waals surface area contributed by atoms with Crippen LogP contribution >= 0.6 is 11.6 Å². The van der Waals surface area contributed by atoms with Crippen molar-refractivity contribution < 1.29 is 31.1 Å². The van der Waals surface area contributed by atoms with Crippen LogP contribution in [0.25, 0.3) is 5.83 Å². The van der Waals surface area contributed by atoms with E-state index in [0.717, 1.165) is 24.4 Å². The smallest absolute Gasteiger partial charge is 0.289 e. The fraction of sp³-hybridized carbons (Fsp3) is 0.200. The number of nitrogens with two attached hydrogens (primary N) is 1. The summed E-state index contributed by atoms with van der Waals surface area (Å²) in [5.74, 6) is -4.68. The lowest BCUT2D eigenvalue weighted by Gasteiger charge is -2.20. The normalized spacial score (nSPS) is 13.6. The van der Waals surface area contributed by atoms with E-state index in [9.17, 15) is 26.7 Å². The fourth-order valence-corrected chi connectivity index (χ4v) is 3.74. The van der Waals surface area contributed by atoms with E-state index in [1.54, 1.807) is 13.8 Å². The standard InChI is InChI=1S/C25H19ClF6N2O/c1-13-8-17(10-21(26)14(13)2)19(24(28,29)30)11-22(27)15-5-6-18(20(9-15)25(31,32)33)23(35)16-4-3-7-34-12-16/h3-12,19H,33H2,1-2H3/b22-11-. The Balaban J connectivity index is 2.11. The topological polar surface area (TPSA) is 56.0 Å². The van der Waals surface area contributed by atoms with Crippen LogP contribution in [0, 0.1) is 13.8 Å². The maximum absolute atomic E-state index is 15.1. The minimum atomic E-state index is -4.90. The minimum Gasteiger partial charge on any atom is -0.289 e. The molecule has 2 aromatic carbocycles. The first-order valence-corrected chi connectivity index (χ1v) is 10.5. The molecule has 0 spiro atoms. The van der Waals surface area contributed by atoms with Gasteiger partial charge in [0.2, 0.25) is 0 Å². The van der Waals surface area contributed by atoms with Gasteiger partial charge in [-0.3, -0.25) is 15.5 Å². The van der Waals surface area contributed by atoms with Crippen LogP contribution in [0.4, 0.5) is 26.3 Å². The van der Waals surface area contributed by atoms with Crippen molar-refractivity contribution in [2.45, 2.75) is 32.0 Å². The summed E-state index contributed by atoms with van der Waals surface area (Å²) in [5.41, 5.74) is 3.46. The lowest BCUT2D eigenvalue weighted by atomic mass is 9.92. The highest BCUT2D eigenvalue weighted by molar-refractivity contribution is 6.31. The van der Waals surface area contributed by atoms with Crippen molar-refractivity contribution in [3.05, 3.63) is 105 Å². The largest absolute Gasteiger partial charge is 0.399 e. The van der Waals surface area contributed by atoms with E-state index in [2.05, 4.69) is 4.98 Å². The van der Waals surface area contributed by atoms with E-state index in [1.807, 2.05) is 0 Å². The predicted octanol–water partition coefficient (Wildman–Crippen LogP) is 7.25. The van der Waals surface area contributed by atoms with Crippen LogP contribution in [0.15, 0.2) is 60.9 Å². The zero-order valence-corrected chi connectivity index (χ0v) is 19.2. The first-order chi connectivity index (χ1) is 16.2. The van der Waals surface area contributed by atoms with E-state index < -0.39 is 46.4 Å². The second-order valence-electron chi connectivity index (χ2n) is 7.93. The number of aromatic nitrogens is 1.